The highest BCUT2D eigenvalue weighted by Crippen LogP contribution is 2.27. The molecule has 0 spiro atoms. The average molecular weight is 269 g/mol. The lowest BCUT2D eigenvalue weighted by Crippen LogP contribution is -2.37. The Labute approximate surface area is 121 Å². The van der Waals surface area contributed by atoms with E-state index in [2.05, 4.69) is 42.2 Å². The largest absolute Gasteiger partial charge is 0.384 e. The van der Waals surface area contributed by atoms with Crippen LogP contribution in [0.4, 0.5) is 5.69 Å². The van der Waals surface area contributed by atoms with Crippen molar-refractivity contribution in [3.05, 3.63) is 65.2 Å². The molecule has 2 nitrogen and oxygen atoms in total. The first-order valence-electron chi connectivity index (χ1n) is 6.96. The summed E-state index contributed by atoms with van der Waals surface area (Å²) in [5.74, 6) is 0. The van der Waals surface area contributed by atoms with E-state index in [1.54, 1.807) is 0 Å². The fourth-order valence-corrected chi connectivity index (χ4v) is 2.64. The van der Waals surface area contributed by atoms with Gasteiger partial charge in [0.25, 0.3) is 0 Å². The Morgan fingerprint density at radius 1 is 1.05 bits per heavy atom. The van der Waals surface area contributed by atoms with Crippen LogP contribution in [-0.4, -0.2) is 18.7 Å². The zero-order valence-electron chi connectivity index (χ0n) is 12.7. The molecule has 0 heterocycles. The second-order valence-corrected chi connectivity index (χ2v) is 5.78. The van der Waals surface area contributed by atoms with Crippen molar-refractivity contribution < 1.29 is 5.11 Å². The summed E-state index contributed by atoms with van der Waals surface area (Å²) >= 11 is 0. The van der Waals surface area contributed by atoms with E-state index in [0.29, 0.717) is 6.54 Å². The Bertz CT molecular complexity index is 575. The number of anilines is 1. The van der Waals surface area contributed by atoms with Crippen molar-refractivity contribution in [2.45, 2.75) is 26.4 Å². The molecule has 2 rings (SSSR count). The minimum absolute atomic E-state index is 0.557. The Morgan fingerprint density at radius 3 is 2.35 bits per heavy atom. The number of hydrogen-bond acceptors (Lipinski definition) is 2. The number of aliphatic hydroxyl groups is 1. The van der Waals surface area contributed by atoms with Crippen molar-refractivity contribution in [3.8, 4) is 0 Å². The van der Waals surface area contributed by atoms with Crippen LogP contribution < -0.4 is 4.90 Å². The third-order valence-electron chi connectivity index (χ3n) is 3.72. The maximum absolute atomic E-state index is 10.9. The molecule has 106 valence electrons. The van der Waals surface area contributed by atoms with E-state index in [9.17, 15) is 5.11 Å². The Balaban J connectivity index is 2.24. The standard InChI is InChI=1S/C18H23NO/c1-14-10-11-15(2)17(12-14)18(3,20)13-19(4)16-8-6-5-7-9-16/h5-12,20H,13H2,1-4H3. The highest BCUT2D eigenvalue weighted by Gasteiger charge is 2.26. The topological polar surface area (TPSA) is 23.5 Å². The molecule has 0 aliphatic heterocycles. The van der Waals surface area contributed by atoms with Crippen LogP contribution in [0, 0.1) is 13.8 Å². The molecular formula is C18H23NO. The summed E-state index contributed by atoms with van der Waals surface area (Å²) in [5, 5.41) is 10.9. The van der Waals surface area contributed by atoms with Crippen LogP contribution in [0.1, 0.15) is 23.6 Å². The summed E-state index contributed by atoms with van der Waals surface area (Å²) in [5.41, 5.74) is 3.54. The first-order chi connectivity index (χ1) is 9.40. The first kappa shape index (κ1) is 14.6. The van der Waals surface area contributed by atoms with Crippen molar-refractivity contribution >= 4 is 5.69 Å². The molecule has 0 aliphatic rings. The van der Waals surface area contributed by atoms with Gasteiger partial charge in [-0.2, -0.15) is 0 Å². The monoisotopic (exact) mass is 269 g/mol. The molecule has 2 aromatic carbocycles. The third-order valence-corrected chi connectivity index (χ3v) is 3.72. The zero-order chi connectivity index (χ0) is 14.8. The van der Waals surface area contributed by atoms with Gasteiger partial charge in [0.15, 0.2) is 0 Å². The van der Waals surface area contributed by atoms with Gasteiger partial charge in [-0.1, -0.05) is 42.0 Å². The van der Waals surface area contributed by atoms with Gasteiger partial charge in [0.1, 0.15) is 5.60 Å². The summed E-state index contributed by atoms with van der Waals surface area (Å²) in [6.07, 6.45) is 0. The van der Waals surface area contributed by atoms with Crippen LogP contribution in [0.15, 0.2) is 48.5 Å². The minimum atomic E-state index is -0.874. The quantitative estimate of drug-likeness (QED) is 0.916. The van der Waals surface area contributed by atoms with Crippen molar-refractivity contribution in [1.29, 1.82) is 0 Å². The lowest BCUT2D eigenvalue weighted by atomic mass is 9.90. The number of para-hydroxylation sites is 1. The molecule has 0 saturated heterocycles. The minimum Gasteiger partial charge on any atom is -0.384 e. The van der Waals surface area contributed by atoms with E-state index in [1.807, 2.05) is 39.1 Å². The van der Waals surface area contributed by atoms with E-state index in [4.69, 9.17) is 0 Å². The van der Waals surface area contributed by atoms with E-state index in [0.717, 1.165) is 16.8 Å². The SMILES string of the molecule is Cc1ccc(C)c(C(C)(O)CN(C)c2ccccc2)c1. The van der Waals surface area contributed by atoms with Gasteiger partial charge in [0.2, 0.25) is 0 Å². The van der Waals surface area contributed by atoms with Crippen molar-refractivity contribution in [2.75, 3.05) is 18.5 Å². The second kappa shape index (κ2) is 5.68. The number of nitrogens with zero attached hydrogens (tertiary/aromatic N) is 1. The lowest BCUT2D eigenvalue weighted by Gasteiger charge is -2.32. The predicted octanol–water partition coefficient (Wildman–Crippen LogP) is 3.65. The molecule has 1 atom stereocenters. The van der Waals surface area contributed by atoms with Crippen LogP contribution in [0.5, 0.6) is 0 Å². The average Bonchev–Trinajstić information content (AvgIpc) is 2.42. The number of benzene rings is 2. The van der Waals surface area contributed by atoms with Crippen molar-refractivity contribution in [3.63, 3.8) is 0 Å². The van der Waals surface area contributed by atoms with Gasteiger partial charge in [-0.15, -0.1) is 0 Å². The first-order valence-corrected chi connectivity index (χ1v) is 6.96. The number of likely N-dealkylation sites (N-methyl/N-ethyl adjacent to an activating group) is 1. The molecule has 1 N–H and O–H groups in total. The van der Waals surface area contributed by atoms with Gasteiger partial charge in [-0.25, -0.2) is 0 Å². The molecule has 2 heteroatoms. The fourth-order valence-electron chi connectivity index (χ4n) is 2.64. The Hall–Kier alpha value is -1.80. The van der Waals surface area contributed by atoms with E-state index >= 15 is 0 Å². The highest BCUT2D eigenvalue weighted by molar-refractivity contribution is 5.46. The molecule has 0 radical (unpaired) electrons. The zero-order valence-corrected chi connectivity index (χ0v) is 12.7. The molecule has 0 saturated carbocycles. The van der Waals surface area contributed by atoms with E-state index in [-0.39, 0.29) is 0 Å². The maximum atomic E-state index is 10.9. The van der Waals surface area contributed by atoms with Gasteiger partial charge in [0, 0.05) is 12.7 Å². The summed E-state index contributed by atoms with van der Waals surface area (Å²) < 4.78 is 0. The summed E-state index contributed by atoms with van der Waals surface area (Å²) in [7, 11) is 2.01. The van der Waals surface area contributed by atoms with Gasteiger partial charge < -0.3 is 10.0 Å². The summed E-state index contributed by atoms with van der Waals surface area (Å²) in [6, 6.07) is 16.4. The van der Waals surface area contributed by atoms with Crippen molar-refractivity contribution in [2.24, 2.45) is 0 Å². The van der Waals surface area contributed by atoms with E-state index in [1.165, 1.54) is 5.56 Å². The maximum Gasteiger partial charge on any atom is 0.104 e. The predicted molar refractivity (Wildman–Crippen MR) is 85.2 cm³/mol. The van der Waals surface area contributed by atoms with Gasteiger partial charge in [0.05, 0.1) is 6.54 Å². The molecule has 1 unspecified atom stereocenters. The molecule has 0 aromatic heterocycles. The van der Waals surface area contributed by atoms with Gasteiger partial charge in [-0.3, -0.25) is 0 Å². The molecule has 0 bridgehead atoms. The van der Waals surface area contributed by atoms with Crippen LogP contribution in [0.2, 0.25) is 0 Å². The lowest BCUT2D eigenvalue weighted by molar-refractivity contribution is 0.0649. The van der Waals surface area contributed by atoms with Gasteiger partial charge in [-0.05, 0) is 44.0 Å². The molecule has 0 fully saturated rings. The van der Waals surface area contributed by atoms with E-state index < -0.39 is 5.60 Å². The number of hydrogen-bond donors (Lipinski definition) is 1. The molecular weight excluding hydrogens is 246 g/mol. The van der Waals surface area contributed by atoms with Gasteiger partial charge >= 0.3 is 0 Å². The number of aryl methyl sites for hydroxylation is 2. The fraction of sp³-hybridized carbons (Fsp3) is 0.333. The normalized spacial score (nSPS) is 13.8. The molecule has 2 aromatic rings. The highest BCUT2D eigenvalue weighted by atomic mass is 16.3. The summed E-state index contributed by atoms with van der Waals surface area (Å²) in [6.45, 7) is 6.54. The van der Waals surface area contributed by atoms with Crippen LogP contribution in [-0.2, 0) is 5.60 Å². The number of rotatable bonds is 4. The molecule has 0 amide bonds. The van der Waals surface area contributed by atoms with Crippen LogP contribution >= 0.6 is 0 Å². The second-order valence-electron chi connectivity index (χ2n) is 5.78. The third kappa shape index (κ3) is 3.20. The Morgan fingerprint density at radius 2 is 1.70 bits per heavy atom. The van der Waals surface area contributed by atoms with Crippen molar-refractivity contribution in [1.82, 2.24) is 0 Å². The van der Waals surface area contributed by atoms with Crippen LogP contribution in [0.3, 0.4) is 0 Å². The van der Waals surface area contributed by atoms with Crippen LogP contribution in [0.25, 0.3) is 0 Å². The molecule has 20 heavy (non-hydrogen) atoms. The Kier molecular flexibility index (Phi) is 4.15. The summed E-state index contributed by atoms with van der Waals surface area (Å²) in [4.78, 5) is 2.09. The molecule has 0 aliphatic carbocycles. The smallest absolute Gasteiger partial charge is 0.104 e.